The third-order valence-electron chi connectivity index (χ3n) is 5.17. The quantitative estimate of drug-likeness (QED) is 0.605. The Morgan fingerprint density at radius 3 is 2.52 bits per heavy atom. The van der Waals surface area contributed by atoms with Gasteiger partial charge in [0.2, 0.25) is 0 Å². The zero-order valence-electron chi connectivity index (χ0n) is 16.3. The van der Waals surface area contributed by atoms with Gasteiger partial charge in [-0.15, -0.1) is 11.3 Å². The molecule has 0 N–H and O–H groups in total. The summed E-state index contributed by atoms with van der Waals surface area (Å²) < 4.78 is 6.43. The number of nitrogens with zero attached hydrogens (tertiary/aromatic N) is 3. The van der Waals surface area contributed by atoms with Crippen molar-refractivity contribution in [3.05, 3.63) is 54.1 Å². The SMILES string of the molecule is CCN1CCN(C(=O)COC(=O)c2ccccc2-c2nc3ccccc3s2)CC1. The van der Waals surface area contributed by atoms with Crippen LogP contribution < -0.4 is 0 Å². The van der Waals surface area contributed by atoms with Gasteiger partial charge in [-0.1, -0.05) is 37.3 Å². The topological polar surface area (TPSA) is 62.7 Å². The van der Waals surface area contributed by atoms with Crippen LogP contribution in [-0.4, -0.2) is 66.0 Å². The largest absolute Gasteiger partial charge is 0.452 e. The number of benzene rings is 2. The van der Waals surface area contributed by atoms with E-state index in [0.717, 1.165) is 40.4 Å². The molecule has 150 valence electrons. The summed E-state index contributed by atoms with van der Waals surface area (Å²) in [4.78, 5) is 33.8. The van der Waals surface area contributed by atoms with Crippen molar-refractivity contribution in [3.8, 4) is 10.6 Å². The van der Waals surface area contributed by atoms with Gasteiger partial charge in [-0.2, -0.15) is 0 Å². The summed E-state index contributed by atoms with van der Waals surface area (Å²) in [7, 11) is 0. The second-order valence-electron chi connectivity index (χ2n) is 6.92. The van der Waals surface area contributed by atoms with Crippen molar-refractivity contribution >= 4 is 33.4 Å². The maximum Gasteiger partial charge on any atom is 0.339 e. The monoisotopic (exact) mass is 409 g/mol. The van der Waals surface area contributed by atoms with Crippen LogP contribution >= 0.6 is 11.3 Å². The van der Waals surface area contributed by atoms with Crippen LogP contribution in [0.15, 0.2) is 48.5 Å². The highest BCUT2D eigenvalue weighted by Crippen LogP contribution is 2.32. The third kappa shape index (κ3) is 4.31. The van der Waals surface area contributed by atoms with Crippen LogP contribution in [0.25, 0.3) is 20.8 Å². The molecular weight excluding hydrogens is 386 g/mol. The first kappa shape index (κ1) is 19.5. The number of aromatic nitrogens is 1. The maximum atomic E-state index is 12.7. The molecule has 0 bridgehead atoms. The number of carbonyl (C=O) groups excluding carboxylic acids is 2. The van der Waals surface area contributed by atoms with Crippen LogP contribution in [0, 0.1) is 0 Å². The second-order valence-corrected chi connectivity index (χ2v) is 7.95. The number of hydrogen-bond acceptors (Lipinski definition) is 6. The van der Waals surface area contributed by atoms with Crippen LogP contribution in [0.3, 0.4) is 0 Å². The molecule has 0 radical (unpaired) electrons. The molecule has 1 aromatic heterocycles. The smallest absolute Gasteiger partial charge is 0.339 e. The minimum atomic E-state index is -0.500. The summed E-state index contributed by atoms with van der Waals surface area (Å²) in [5.41, 5.74) is 2.05. The predicted octanol–water partition coefficient (Wildman–Crippen LogP) is 3.28. The van der Waals surface area contributed by atoms with Crippen LogP contribution in [-0.2, 0) is 9.53 Å². The number of amides is 1. The van der Waals surface area contributed by atoms with Gasteiger partial charge in [-0.3, -0.25) is 4.79 Å². The van der Waals surface area contributed by atoms with E-state index in [1.165, 1.54) is 11.3 Å². The Balaban J connectivity index is 1.45. The molecule has 2 heterocycles. The Morgan fingerprint density at radius 1 is 1.03 bits per heavy atom. The lowest BCUT2D eigenvalue weighted by molar-refractivity contribution is -0.136. The van der Waals surface area contributed by atoms with Crippen molar-refractivity contribution in [1.82, 2.24) is 14.8 Å². The van der Waals surface area contributed by atoms with E-state index in [-0.39, 0.29) is 12.5 Å². The molecule has 1 amide bonds. The average molecular weight is 410 g/mol. The van der Waals surface area contributed by atoms with E-state index in [1.807, 2.05) is 36.4 Å². The highest BCUT2D eigenvalue weighted by atomic mass is 32.1. The van der Waals surface area contributed by atoms with Gasteiger partial charge in [0.05, 0.1) is 15.8 Å². The van der Waals surface area contributed by atoms with Crippen molar-refractivity contribution in [1.29, 1.82) is 0 Å². The standard InChI is InChI=1S/C22H23N3O3S/c1-2-24-11-13-25(14-12-24)20(26)15-28-22(27)17-8-4-3-7-16(17)21-23-18-9-5-6-10-19(18)29-21/h3-10H,2,11-15H2,1H3. The second kappa shape index (κ2) is 8.71. The molecule has 0 unspecified atom stereocenters. The number of hydrogen-bond donors (Lipinski definition) is 0. The molecule has 0 atom stereocenters. The van der Waals surface area contributed by atoms with Crippen molar-refractivity contribution < 1.29 is 14.3 Å². The molecule has 29 heavy (non-hydrogen) atoms. The highest BCUT2D eigenvalue weighted by molar-refractivity contribution is 7.21. The average Bonchev–Trinajstić information content (AvgIpc) is 3.21. The summed E-state index contributed by atoms with van der Waals surface area (Å²) in [5.74, 6) is -0.646. The summed E-state index contributed by atoms with van der Waals surface area (Å²) in [6, 6.07) is 15.1. The number of esters is 1. The highest BCUT2D eigenvalue weighted by Gasteiger charge is 2.22. The maximum absolute atomic E-state index is 12.7. The fourth-order valence-electron chi connectivity index (χ4n) is 3.44. The summed E-state index contributed by atoms with van der Waals surface area (Å²) in [6.45, 7) is 5.92. The van der Waals surface area contributed by atoms with E-state index in [2.05, 4.69) is 16.8 Å². The third-order valence-corrected chi connectivity index (χ3v) is 6.24. The minimum absolute atomic E-state index is 0.147. The van der Waals surface area contributed by atoms with Crippen molar-refractivity contribution in [2.24, 2.45) is 0 Å². The number of thiazole rings is 1. The van der Waals surface area contributed by atoms with Gasteiger partial charge in [-0.25, -0.2) is 9.78 Å². The Hall–Kier alpha value is -2.77. The summed E-state index contributed by atoms with van der Waals surface area (Å²) in [6.07, 6.45) is 0. The Kier molecular flexibility index (Phi) is 5.87. The lowest BCUT2D eigenvalue weighted by atomic mass is 10.1. The molecule has 2 aromatic carbocycles. The van der Waals surface area contributed by atoms with E-state index in [4.69, 9.17) is 4.74 Å². The molecule has 0 aliphatic carbocycles. The fourth-order valence-corrected chi connectivity index (χ4v) is 4.45. The molecule has 6 nitrogen and oxygen atoms in total. The summed E-state index contributed by atoms with van der Waals surface area (Å²) in [5, 5.41) is 0.765. The number of para-hydroxylation sites is 1. The number of ether oxygens (including phenoxy) is 1. The molecule has 3 aromatic rings. The van der Waals surface area contributed by atoms with Gasteiger partial charge in [-0.05, 0) is 24.7 Å². The molecule has 7 heteroatoms. The molecule has 0 spiro atoms. The van der Waals surface area contributed by atoms with E-state index >= 15 is 0 Å². The van der Waals surface area contributed by atoms with Gasteiger partial charge < -0.3 is 14.5 Å². The molecule has 4 rings (SSSR count). The zero-order valence-corrected chi connectivity index (χ0v) is 17.2. The minimum Gasteiger partial charge on any atom is -0.452 e. The lowest BCUT2D eigenvalue weighted by Gasteiger charge is -2.33. The fraction of sp³-hybridized carbons (Fsp3) is 0.318. The number of carbonyl (C=O) groups is 2. The lowest BCUT2D eigenvalue weighted by Crippen LogP contribution is -2.49. The molecule has 1 aliphatic heterocycles. The number of rotatable bonds is 5. The van der Waals surface area contributed by atoms with Crippen LogP contribution in [0.1, 0.15) is 17.3 Å². The molecular formula is C22H23N3O3S. The number of fused-ring (bicyclic) bond motifs is 1. The molecule has 1 saturated heterocycles. The van der Waals surface area contributed by atoms with E-state index in [0.29, 0.717) is 18.7 Å². The van der Waals surface area contributed by atoms with Gasteiger partial charge in [0.25, 0.3) is 5.91 Å². The zero-order chi connectivity index (χ0) is 20.2. The normalized spacial score (nSPS) is 14.9. The Labute approximate surface area is 173 Å². The van der Waals surface area contributed by atoms with Crippen LogP contribution in [0.4, 0.5) is 0 Å². The molecule has 1 aliphatic rings. The van der Waals surface area contributed by atoms with Crippen molar-refractivity contribution in [2.75, 3.05) is 39.3 Å². The molecule has 1 fully saturated rings. The van der Waals surface area contributed by atoms with Gasteiger partial charge in [0.15, 0.2) is 6.61 Å². The Morgan fingerprint density at radius 2 is 1.76 bits per heavy atom. The number of piperazine rings is 1. The number of likely N-dealkylation sites (N-methyl/N-ethyl adjacent to an activating group) is 1. The first-order valence-corrected chi connectivity index (χ1v) is 10.6. The molecule has 0 saturated carbocycles. The van der Waals surface area contributed by atoms with E-state index in [9.17, 15) is 9.59 Å². The predicted molar refractivity (Wildman–Crippen MR) is 114 cm³/mol. The van der Waals surface area contributed by atoms with Gasteiger partial charge in [0, 0.05) is 31.7 Å². The van der Waals surface area contributed by atoms with Gasteiger partial charge in [0.1, 0.15) is 5.01 Å². The first-order valence-electron chi connectivity index (χ1n) is 9.78. The van der Waals surface area contributed by atoms with Crippen LogP contribution in [0.5, 0.6) is 0 Å². The van der Waals surface area contributed by atoms with E-state index in [1.54, 1.807) is 17.0 Å². The van der Waals surface area contributed by atoms with Gasteiger partial charge >= 0.3 is 5.97 Å². The van der Waals surface area contributed by atoms with Crippen molar-refractivity contribution in [2.45, 2.75) is 6.92 Å². The first-order chi connectivity index (χ1) is 14.2. The Bertz CT molecular complexity index is 992. The summed E-state index contributed by atoms with van der Waals surface area (Å²) >= 11 is 1.53. The van der Waals surface area contributed by atoms with E-state index < -0.39 is 5.97 Å². The van der Waals surface area contributed by atoms with Crippen molar-refractivity contribution in [3.63, 3.8) is 0 Å². The van der Waals surface area contributed by atoms with Crippen LogP contribution in [0.2, 0.25) is 0 Å².